The van der Waals surface area contributed by atoms with Gasteiger partial charge in [-0.25, -0.2) is 4.79 Å². The Labute approximate surface area is 152 Å². The monoisotopic (exact) mass is 357 g/mol. The largest absolute Gasteiger partial charge is 0.496 e. The molecule has 1 unspecified atom stereocenters. The first-order chi connectivity index (χ1) is 12.3. The fourth-order valence-electron chi connectivity index (χ4n) is 2.94. The van der Waals surface area contributed by atoms with E-state index >= 15 is 0 Å². The molecule has 0 saturated carbocycles. The van der Waals surface area contributed by atoms with E-state index < -0.39 is 17.9 Å². The molecule has 0 saturated heterocycles. The van der Waals surface area contributed by atoms with E-state index in [-0.39, 0.29) is 6.42 Å². The summed E-state index contributed by atoms with van der Waals surface area (Å²) in [5.74, 6) is -0.523. The number of rotatable bonds is 7. The van der Waals surface area contributed by atoms with Gasteiger partial charge in [-0.2, -0.15) is 0 Å². The van der Waals surface area contributed by atoms with Crippen molar-refractivity contribution >= 4 is 11.9 Å². The third-order valence-corrected chi connectivity index (χ3v) is 4.00. The van der Waals surface area contributed by atoms with Gasteiger partial charge in [0.25, 0.3) is 0 Å². The van der Waals surface area contributed by atoms with Gasteiger partial charge in [-0.15, -0.1) is 0 Å². The van der Waals surface area contributed by atoms with E-state index in [1.807, 2.05) is 19.9 Å². The maximum Gasteiger partial charge on any atom is 0.330 e. The average Bonchev–Trinajstić information content (AvgIpc) is 2.58. The van der Waals surface area contributed by atoms with Crippen LogP contribution in [0.15, 0.2) is 36.4 Å². The SMILES string of the molecule is COc1cccc(OC)c1CC(=O)NC(C(=O)O)c1cc(C)cc(C)c1. The number of carboxylic acid groups (broad SMARTS) is 1. The number of aliphatic carboxylic acids is 1. The summed E-state index contributed by atoms with van der Waals surface area (Å²) in [5.41, 5.74) is 2.98. The number of nitrogens with one attached hydrogen (secondary N) is 1. The molecule has 0 fully saturated rings. The zero-order valence-corrected chi connectivity index (χ0v) is 15.3. The molecular formula is C20H23NO5. The van der Waals surface area contributed by atoms with Crippen LogP contribution in [0.1, 0.15) is 28.3 Å². The molecule has 0 radical (unpaired) electrons. The Kier molecular flexibility index (Phi) is 6.22. The quantitative estimate of drug-likeness (QED) is 0.796. The van der Waals surface area contributed by atoms with Crippen molar-refractivity contribution in [3.05, 3.63) is 58.7 Å². The van der Waals surface area contributed by atoms with Gasteiger partial charge in [0.1, 0.15) is 11.5 Å². The molecule has 0 aliphatic heterocycles. The second-order valence-electron chi connectivity index (χ2n) is 6.08. The van der Waals surface area contributed by atoms with Crippen LogP contribution in [0.2, 0.25) is 0 Å². The molecule has 1 atom stereocenters. The van der Waals surface area contributed by atoms with Gasteiger partial charge in [-0.3, -0.25) is 4.79 Å². The molecule has 2 N–H and O–H groups in total. The molecule has 2 rings (SSSR count). The van der Waals surface area contributed by atoms with E-state index in [9.17, 15) is 14.7 Å². The standard InChI is InChI=1S/C20H23NO5/c1-12-8-13(2)10-14(9-12)19(20(23)24)21-18(22)11-15-16(25-3)6-5-7-17(15)26-4/h5-10,19H,11H2,1-4H3,(H,21,22)(H,23,24). The first kappa shape index (κ1) is 19.3. The van der Waals surface area contributed by atoms with Crippen LogP contribution in [-0.4, -0.2) is 31.2 Å². The summed E-state index contributed by atoms with van der Waals surface area (Å²) < 4.78 is 10.6. The number of carboxylic acids is 1. The van der Waals surface area contributed by atoms with E-state index in [0.29, 0.717) is 22.6 Å². The predicted octanol–water partition coefficient (Wildman–Crippen LogP) is 2.81. The topological polar surface area (TPSA) is 84.9 Å². The summed E-state index contributed by atoms with van der Waals surface area (Å²) in [5, 5.41) is 12.1. The van der Waals surface area contributed by atoms with Crippen LogP contribution in [0, 0.1) is 13.8 Å². The van der Waals surface area contributed by atoms with Gasteiger partial charge in [0.05, 0.1) is 20.6 Å². The highest BCUT2D eigenvalue weighted by atomic mass is 16.5. The van der Waals surface area contributed by atoms with Gasteiger partial charge in [-0.05, 0) is 31.5 Å². The number of aryl methyl sites for hydroxylation is 2. The lowest BCUT2D eigenvalue weighted by Gasteiger charge is -2.18. The van der Waals surface area contributed by atoms with Gasteiger partial charge in [0, 0.05) is 5.56 Å². The minimum Gasteiger partial charge on any atom is -0.496 e. The average molecular weight is 357 g/mol. The van der Waals surface area contributed by atoms with Crippen molar-refractivity contribution in [1.29, 1.82) is 0 Å². The maximum atomic E-state index is 12.5. The van der Waals surface area contributed by atoms with Gasteiger partial charge in [-0.1, -0.05) is 35.4 Å². The number of amides is 1. The molecule has 0 bridgehead atoms. The third kappa shape index (κ3) is 4.53. The molecule has 6 heteroatoms. The third-order valence-electron chi connectivity index (χ3n) is 4.00. The minimum absolute atomic E-state index is 0.0538. The number of ether oxygens (including phenoxy) is 2. The fourth-order valence-corrected chi connectivity index (χ4v) is 2.94. The van der Waals surface area contributed by atoms with Crippen LogP contribution in [0.25, 0.3) is 0 Å². The van der Waals surface area contributed by atoms with Crippen LogP contribution in [0.4, 0.5) is 0 Å². The Morgan fingerprint density at radius 3 is 2.04 bits per heavy atom. The Balaban J connectivity index is 2.25. The molecule has 2 aromatic rings. The van der Waals surface area contributed by atoms with Crippen molar-refractivity contribution in [2.45, 2.75) is 26.3 Å². The molecule has 26 heavy (non-hydrogen) atoms. The van der Waals surface area contributed by atoms with E-state index in [2.05, 4.69) is 5.32 Å². The Bertz CT molecular complexity index is 773. The summed E-state index contributed by atoms with van der Waals surface area (Å²) in [7, 11) is 3.01. The highest BCUT2D eigenvalue weighted by Crippen LogP contribution is 2.29. The molecule has 0 spiro atoms. The Morgan fingerprint density at radius 2 is 1.58 bits per heavy atom. The zero-order valence-electron chi connectivity index (χ0n) is 15.3. The molecule has 0 heterocycles. The summed E-state index contributed by atoms with van der Waals surface area (Å²) in [6.07, 6.45) is -0.0538. The van der Waals surface area contributed by atoms with Gasteiger partial charge >= 0.3 is 5.97 Å². The van der Waals surface area contributed by atoms with Crippen molar-refractivity contribution in [3.8, 4) is 11.5 Å². The highest BCUT2D eigenvalue weighted by molar-refractivity contribution is 5.86. The van der Waals surface area contributed by atoms with Crippen molar-refractivity contribution in [1.82, 2.24) is 5.32 Å². The Morgan fingerprint density at radius 1 is 1.04 bits per heavy atom. The molecule has 2 aromatic carbocycles. The second kappa shape index (κ2) is 8.38. The number of carbonyl (C=O) groups is 2. The van der Waals surface area contributed by atoms with Crippen molar-refractivity contribution in [2.24, 2.45) is 0 Å². The highest BCUT2D eigenvalue weighted by Gasteiger charge is 2.24. The van der Waals surface area contributed by atoms with Gasteiger partial charge in [0.2, 0.25) is 5.91 Å². The molecule has 0 aromatic heterocycles. The number of carbonyl (C=O) groups excluding carboxylic acids is 1. The summed E-state index contributed by atoms with van der Waals surface area (Å²) in [4.78, 5) is 24.2. The number of hydrogen-bond acceptors (Lipinski definition) is 4. The molecular weight excluding hydrogens is 334 g/mol. The van der Waals surface area contributed by atoms with Crippen LogP contribution in [0.5, 0.6) is 11.5 Å². The summed E-state index contributed by atoms with van der Waals surface area (Å²) in [6, 6.07) is 9.55. The first-order valence-corrected chi connectivity index (χ1v) is 8.16. The zero-order chi connectivity index (χ0) is 19.3. The van der Waals surface area contributed by atoms with Gasteiger partial charge < -0.3 is 19.9 Å². The Hall–Kier alpha value is -3.02. The number of hydrogen-bond donors (Lipinski definition) is 2. The van der Waals surface area contributed by atoms with Crippen LogP contribution < -0.4 is 14.8 Å². The lowest BCUT2D eigenvalue weighted by Crippen LogP contribution is -2.35. The van der Waals surface area contributed by atoms with E-state index in [1.165, 1.54) is 14.2 Å². The van der Waals surface area contributed by atoms with Crippen LogP contribution >= 0.6 is 0 Å². The summed E-state index contributed by atoms with van der Waals surface area (Å²) >= 11 is 0. The fraction of sp³-hybridized carbons (Fsp3) is 0.300. The van der Waals surface area contributed by atoms with Crippen LogP contribution in [0.3, 0.4) is 0 Å². The predicted molar refractivity (Wildman–Crippen MR) is 97.7 cm³/mol. The van der Waals surface area contributed by atoms with Crippen molar-refractivity contribution in [2.75, 3.05) is 14.2 Å². The molecule has 6 nitrogen and oxygen atoms in total. The number of methoxy groups -OCH3 is 2. The van der Waals surface area contributed by atoms with E-state index in [1.54, 1.807) is 30.3 Å². The maximum absolute atomic E-state index is 12.5. The smallest absolute Gasteiger partial charge is 0.330 e. The second-order valence-corrected chi connectivity index (χ2v) is 6.08. The lowest BCUT2D eigenvalue weighted by molar-refractivity contribution is -0.142. The molecule has 0 aliphatic carbocycles. The van der Waals surface area contributed by atoms with Crippen LogP contribution in [-0.2, 0) is 16.0 Å². The van der Waals surface area contributed by atoms with E-state index in [0.717, 1.165) is 11.1 Å². The van der Waals surface area contributed by atoms with Crippen molar-refractivity contribution < 1.29 is 24.2 Å². The molecule has 1 amide bonds. The van der Waals surface area contributed by atoms with E-state index in [4.69, 9.17) is 9.47 Å². The molecule has 0 aliphatic rings. The van der Waals surface area contributed by atoms with Gasteiger partial charge in [0.15, 0.2) is 6.04 Å². The lowest BCUT2D eigenvalue weighted by atomic mass is 10.0. The summed E-state index contributed by atoms with van der Waals surface area (Å²) in [6.45, 7) is 3.77. The first-order valence-electron chi connectivity index (χ1n) is 8.16. The number of benzene rings is 2. The normalized spacial score (nSPS) is 11.5. The minimum atomic E-state index is -1.12. The van der Waals surface area contributed by atoms with Crippen molar-refractivity contribution in [3.63, 3.8) is 0 Å². The molecule has 138 valence electrons.